The lowest BCUT2D eigenvalue weighted by Gasteiger charge is -2.36. The highest BCUT2D eigenvalue weighted by Gasteiger charge is 2.50. The molecule has 0 aromatic heterocycles. The second-order valence-electron chi connectivity index (χ2n) is 6.89. The molecule has 2 aromatic carbocycles. The number of hydrogen-bond acceptors (Lipinski definition) is 4. The standard InChI is InChI=1S/C19H20N2OS/c1-18(2)13-19(3)21(15-11-7-8-12-16(15)23-18)17(20-22-19)14-9-5-4-6-10-14/h4-12H,13H2,1-3H3. The number of anilines is 1. The van der Waals surface area contributed by atoms with Crippen LogP contribution < -0.4 is 4.90 Å². The second-order valence-corrected chi connectivity index (χ2v) is 8.64. The Morgan fingerprint density at radius 1 is 1.00 bits per heavy atom. The van der Waals surface area contributed by atoms with Gasteiger partial charge in [-0.2, -0.15) is 0 Å². The minimum Gasteiger partial charge on any atom is -0.365 e. The van der Waals surface area contributed by atoms with Gasteiger partial charge in [0, 0.05) is 21.6 Å². The van der Waals surface area contributed by atoms with Crippen molar-refractivity contribution in [3.05, 3.63) is 60.2 Å². The zero-order chi connectivity index (χ0) is 16.1. The zero-order valence-corrected chi connectivity index (χ0v) is 14.4. The molecule has 0 bridgehead atoms. The molecule has 0 aliphatic carbocycles. The Morgan fingerprint density at radius 3 is 2.48 bits per heavy atom. The molecule has 2 heterocycles. The topological polar surface area (TPSA) is 24.8 Å². The van der Waals surface area contributed by atoms with Crippen LogP contribution in [0.2, 0.25) is 0 Å². The fraction of sp³-hybridized carbons (Fsp3) is 0.316. The first kappa shape index (κ1) is 14.6. The highest BCUT2D eigenvalue weighted by atomic mass is 32.2. The summed E-state index contributed by atoms with van der Waals surface area (Å²) in [4.78, 5) is 9.52. The van der Waals surface area contributed by atoms with Crippen LogP contribution in [0.25, 0.3) is 0 Å². The zero-order valence-electron chi connectivity index (χ0n) is 13.6. The van der Waals surface area contributed by atoms with E-state index in [0.29, 0.717) is 0 Å². The van der Waals surface area contributed by atoms with E-state index in [1.165, 1.54) is 10.6 Å². The van der Waals surface area contributed by atoms with Gasteiger partial charge in [-0.05, 0) is 19.1 Å². The Labute approximate surface area is 141 Å². The summed E-state index contributed by atoms with van der Waals surface area (Å²) < 4.78 is 0.0707. The lowest BCUT2D eigenvalue weighted by Crippen LogP contribution is -2.49. The van der Waals surface area contributed by atoms with E-state index in [-0.39, 0.29) is 4.75 Å². The van der Waals surface area contributed by atoms with Gasteiger partial charge in [0.25, 0.3) is 0 Å². The molecule has 2 aromatic rings. The van der Waals surface area contributed by atoms with Crippen LogP contribution in [0.5, 0.6) is 0 Å². The Kier molecular flexibility index (Phi) is 3.20. The molecule has 1 atom stereocenters. The number of rotatable bonds is 1. The Hall–Kier alpha value is -1.94. The van der Waals surface area contributed by atoms with E-state index in [9.17, 15) is 0 Å². The number of oxime groups is 1. The van der Waals surface area contributed by atoms with Gasteiger partial charge in [0.05, 0.1) is 5.69 Å². The van der Waals surface area contributed by atoms with Crippen molar-refractivity contribution < 1.29 is 4.84 Å². The van der Waals surface area contributed by atoms with E-state index in [2.05, 4.69) is 67.2 Å². The van der Waals surface area contributed by atoms with Crippen LogP contribution in [-0.2, 0) is 4.84 Å². The molecule has 0 radical (unpaired) electrons. The van der Waals surface area contributed by atoms with E-state index in [4.69, 9.17) is 4.84 Å². The smallest absolute Gasteiger partial charge is 0.214 e. The third kappa shape index (κ3) is 2.41. The number of hydrogen-bond donors (Lipinski definition) is 0. The minimum atomic E-state index is -0.464. The van der Waals surface area contributed by atoms with Crippen molar-refractivity contribution in [2.45, 2.75) is 42.6 Å². The molecule has 4 rings (SSSR count). The van der Waals surface area contributed by atoms with Gasteiger partial charge in [-0.15, -0.1) is 11.8 Å². The second kappa shape index (κ2) is 5.03. The monoisotopic (exact) mass is 324 g/mol. The summed E-state index contributed by atoms with van der Waals surface area (Å²) in [6.45, 7) is 6.68. The number of fused-ring (bicyclic) bond motifs is 3. The lowest BCUT2D eigenvalue weighted by atomic mass is 9.98. The van der Waals surface area contributed by atoms with Gasteiger partial charge in [0.1, 0.15) is 0 Å². The summed E-state index contributed by atoms with van der Waals surface area (Å²) in [5.74, 6) is 0.888. The molecular formula is C19H20N2OS. The van der Waals surface area contributed by atoms with E-state index < -0.39 is 5.72 Å². The summed E-state index contributed by atoms with van der Waals surface area (Å²) >= 11 is 1.91. The van der Waals surface area contributed by atoms with Crippen molar-refractivity contribution in [3.8, 4) is 0 Å². The van der Waals surface area contributed by atoms with Gasteiger partial charge < -0.3 is 4.84 Å². The summed E-state index contributed by atoms with van der Waals surface area (Å²) in [7, 11) is 0. The SMILES string of the molecule is CC1(C)CC2(C)ON=C(c3ccccc3)N2c2ccccc2S1. The van der Waals surface area contributed by atoms with Crippen LogP contribution >= 0.6 is 11.8 Å². The summed E-state index contributed by atoms with van der Waals surface area (Å²) in [6, 6.07) is 18.8. The van der Waals surface area contributed by atoms with Crippen molar-refractivity contribution in [3.63, 3.8) is 0 Å². The normalized spacial score (nSPS) is 25.0. The summed E-state index contributed by atoms with van der Waals surface area (Å²) in [5, 5.41) is 4.46. The number of benzene rings is 2. The van der Waals surface area contributed by atoms with Gasteiger partial charge >= 0.3 is 0 Å². The summed E-state index contributed by atoms with van der Waals surface area (Å²) in [6.07, 6.45) is 0.888. The lowest BCUT2D eigenvalue weighted by molar-refractivity contribution is -0.0130. The number of nitrogens with zero attached hydrogens (tertiary/aromatic N) is 2. The van der Waals surface area contributed by atoms with Crippen molar-refractivity contribution in [2.24, 2.45) is 5.16 Å². The van der Waals surface area contributed by atoms with Crippen LogP contribution in [0.3, 0.4) is 0 Å². The number of thioether (sulfide) groups is 1. The highest BCUT2D eigenvalue weighted by Crippen LogP contribution is 2.51. The van der Waals surface area contributed by atoms with Crippen molar-refractivity contribution in [2.75, 3.05) is 4.90 Å². The minimum absolute atomic E-state index is 0.0707. The van der Waals surface area contributed by atoms with Crippen LogP contribution in [0, 0.1) is 0 Å². The van der Waals surface area contributed by atoms with Gasteiger partial charge in [-0.25, -0.2) is 0 Å². The molecule has 0 fully saturated rings. The molecule has 0 spiro atoms. The maximum atomic E-state index is 5.98. The Bertz CT molecular complexity index is 772. The number of para-hydroxylation sites is 1. The maximum Gasteiger partial charge on any atom is 0.214 e. The average molecular weight is 324 g/mol. The van der Waals surface area contributed by atoms with Crippen LogP contribution in [0.1, 0.15) is 32.8 Å². The maximum absolute atomic E-state index is 5.98. The van der Waals surface area contributed by atoms with Crippen LogP contribution in [0.4, 0.5) is 5.69 Å². The van der Waals surface area contributed by atoms with Gasteiger partial charge in [0.2, 0.25) is 5.72 Å². The van der Waals surface area contributed by atoms with E-state index in [1.807, 2.05) is 30.0 Å². The van der Waals surface area contributed by atoms with Crippen molar-refractivity contribution >= 4 is 23.3 Å². The Balaban J connectivity index is 1.89. The van der Waals surface area contributed by atoms with Crippen molar-refractivity contribution in [1.29, 1.82) is 0 Å². The summed E-state index contributed by atoms with van der Waals surface area (Å²) in [5.41, 5.74) is 1.79. The van der Waals surface area contributed by atoms with Gasteiger partial charge in [0.15, 0.2) is 5.84 Å². The van der Waals surface area contributed by atoms with Crippen LogP contribution in [-0.4, -0.2) is 16.3 Å². The molecule has 0 N–H and O–H groups in total. The first-order valence-corrected chi connectivity index (χ1v) is 8.70. The van der Waals surface area contributed by atoms with E-state index in [0.717, 1.165) is 17.8 Å². The molecule has 1 unspecified atom stereocenters. The first-order chi connectivity index (χ1) is 11.0. The van der Waals surface area contributed by atoms with Crippen molar-refractivity contribution in [1.82, 2.24) is 0 Å². The van der Waals surface area contributed by atoms with E-state index in [1.54, 1.807) is 0 Å². The molecular weight excluding hydrogens is 304 g/mol. The van der Waals surface area contributed by atoms with Gasteiger partial charge in [-0.3, -0.25) is 4.90 Å². The molecule has 4 heteroatoms. The third-order valence-corrected chi connectivity index (χ3v) is 5.55. The van der Waals surface area contributed by atoms with Crippen LogP contribution in [0.15, 0.2) is 64.6 Å². The van der Waals surface area contributed by atoms with Gasteiger partial charge in [-0.1, -0.05) is 61.5 Å². The molecule has 0 amide bonds. The fourth-order valence-corrected chi connectivity index (χ4v) is 4.89. The Morgan fingerprint density at radius 2 is 1.70 bits per heavy atom. The average Bonchev–Trinajstić information content (AvgIpc) is 2.80. The first-order valence-electron chi connectivity index (χ1n) is 7.88. The third-order valence-electron chi connectivity index (χ3n) is 4.29. The largest absolute Gasteiger partial charge is 0.365 e. The molecule has 2 aliphatic heterocycles. The fourth-order valence-electron chi connectivity index (χ4n) is 3.55. The molecule has 2 aliphatic rings. The van der Waals surface area contributed by atoms with E-state index >= 15 is 0 Å². The predicted octanol–water partition coefficient (Wildman–Crippen LogP) is 4.88. The molecule has 3 nitrogen and oxygen atoms in total. The molecule has 0 saturated carbocycles. The highest BCUT2D eigenvalue weighted by molar-refractivity contribution is 8.00. The molecule has 118 valence electrons. The number of amidine groups is 1. The molecule has 23 heavy (non-hydrogen) atoms. The quantitative estimate of drug-likeness (QED) is 0.747. The molecule has 0 saturated heterocycles. The predicted molar refractivity (Wildman–Crippen MR) is 95.9 cm³/mol.